The smallest absolute Gasteiger partial charge is 0.0547 e. The number of ether oxygens (including phenoxy) is 2. The predicted molar refractivity (Wildman–Crippen MR) is 125 cm³/mol. The molecule has 0 saturated carbocycles. The molecule has 0 aromatic heterocycles. The van der Waals surface area contributed by atoms with Crippen molar-refractivity contribution in [3.63, 3.8) is 0 Å². The highest BCUT2D eigenvalue weighted by atomic mass is 16.5. The van der Waals surface area contributed by atoms with Crippen LogP contribution in [-0.4, -0.2) is 25.9 Å². The summed E-state index contributed by atoms with van der Waals surface area (Å²) in [5, 5.41) is 0. The molecule has 0 spiro atoms. The Hall–Kier alpha value is -0.0800. The lowest BCUT2D eigenvalue weighted by molar-refractivity contribution is 0.0529. The molecule has 28 heavy (non-hydrogen) atoms. The molecule has 0 aromatic carbocycles. The van der Waals surface area contributed by atoms with Crippen molar-refractivity contribution in [1.29, 1.82) is 0 Å². The Bertz CT molecular complexity index is 267. The highest BCUT2D eigenvalue weighted by Crippen LogP contribution is 2.11. The molecule has 2 nitrogen and oxygen atoms in total. The minimum Gasteiger partial charge on any atom is -0.381 e. The third kappa shape index (κ3) is 24.0. The van der Waals surface area contributed by atoms with Crippen LogP contribution in [-0.2, 0) is 9.47 Å². The molecule has 0 aliphatic heterocycles. The van der Waals surface area contributed by atoms with E-state index in [9.17, 15) is 0 Å². The van der Waals surface area contributed by atoms with Crippen LogP contribution in [0.1, 0.15) is 143 Å². The van der Waals surface area contributed by atoms with Crippen molar-refractivity contribution in [1.82, 2.24) is 0 Å². The summed E-state index contributed by atoms with van der Waals surface area (Å²) in [5.74, 6) is 0. The molecule has 0 rings (SSSR count). The number of hydrogen-bond donors (Lipinski definition) is 0. The average Bonchev–Trinajstić information content (AvgIpc) is 2.70. The maximum absolute atomic E-state index is 5.95. The lowest BCUT2D eigenvalue weighted by Crippen LogP contribution is -2.09. The first-order valence-electron chi connectivity index (χ1n) is 13.0. The molecular formula is C26H54O2. The maximum Gasteiger partial charge on any atom is 0.0547 e. The molecular weight excluding hydrogens is 344 g/mol. The quantitative estimate of drug-likeness (QED) is 0.151. The Balaban J connectivity index is 3.12. The summed E-state index contributed by atoms with van der Waals surface area (Å²) in [4.78, 5) is 0. The monoisotopic (exact) mass is 398 g/mol. The fourth-order valence-corrected chi connectivity index (χ4v) is 3.68. The summed E-state index contributed by atoms with van der Waals surface area (Å²) in [6.45, 7) is 9.63. The van der Waals surface area contributed by atoms with Gasteiger partial charge < -0.3 is 9.47 Å². The first-order chi connectivity index (χ1) is 13.8. The maximum atomic E-state index is 5.95. The van der Waals surface area contributed by atoms with Gasteiger partial charge in [-0.25, -0.2) is 0 Å². The van der Waals surface area contributed by atoms with Crippen LogP contribution in [0.2, 0.25) is 0 Å². The zero-order valence-corrected chi connectivity index (χ0v) is 20.0. The molecule has 0 radical (unpaired) electrons. The van der Waals surface area contributed by atoms with Crippen LogP contribution < -0.4 is 0 Å². The van der Waals surface area contributed by atoms with E-state index in [0.717, 1.165) is 19.8 Å². The normalized spacial score (nSPS) is 12.5. The largest absolute Gasteiger partial charge is 0.381 e. The SMILES string of the molecule is CCCCCCCCCCOCCCCC(C)OCCCCCCCCCC. The van der Waals surface area contributed by atoms with E-state index in [1.807, 2.05) is 0 Å². The first-order valence-corrected chi connectivity index (χ1v) is 13.0. The fraction of sp³-hybridized carbons (Fsp3) is 1.00. The van der Waals surface area contributed by atoms with Crippen molar-refractivity contribution in [2.24, 2.45) is 0 Å². The summed E-state index contributed by atoms with van der Waals surface area (Å²) in [5.41, 5.74) is 0. The topological polar surface area (TPSA) is 18.5 Å². The number of unbranched alkanes of at least 4 members (excludes halogenated alkanes) is 15. The highest BCUT2D eigenvalue weighted by molar-refractivity contribution is 4.53. The van der Waals surface area contributed by atoms with E-state index in [1.54, 1.807) is 0 Å². The van der Waals surface area contributed by atoms with E-state index in [4.69, 9.17) is 9.47 Å². The summed E-state index contributed by atoms with van der Waals surface area (Å²) in [7, 11) is 0. The van der Waals surface area contributed by atoms with Gasteiger partial charge in [-0.05, 0) is 39.0 Å². The fourth-order valence-electron chi connectivity index (χ4n) is 3.68. The molecule has 0 aromatic rings. The van der Waals surface area contributed by atoms with Crippen molar-refractivity contribution in [3.8, 4) is 0 Å². The van der Waals surface area contributed by atoms with E-state index in [0.29, 0.717) is 6.10 Å². The third-order valence-corrected chi connectivity index (χ3v) is 5.69. The third-order valence-electron chi connectivity index (χ3n) is 5.69. The summed E-state index contributed by atoms with van der Waals surface area (Å²) in [6.07, 6.45) is 26.0. The standard InChI is InChI=1S/C26H54O2/c1-4-6-8-10-12-14-16-19-23-27-24-21-18-22-26(3)28-25-20-17-15-13-11-9-7-5-2/h26H,4-25H2,1-3H3. The molecule has 1 atom stereocenters. The van der Waals surface area contributed by atoms with Crippen LogP contribution in [0, 0.1) is 0 Å². The first kappa shape index (κ1) is 27.9. The number of hydrogen-bond acceptors (Lipinski definition) is 2. The average molecular weight is 399 g/mol. The van der Waals surface area contributed by atoms with Crippen molar-refractivity contribution in [2.45, 2.75) is 149 Å². The van der Waals surface area contributed by atoms with E-state index in [2.05, 4.69) is 20.8 Å². The Morgan fingerprint density at radius 2 is 0.857 bits per heavy atom. The van der Waals surface area contributed by atoms with Crippen LogP contribution in [0.3, 0.4) is 0 Å². The molecule has 0 aliphatic rings. The molecule has 0 aliphatic carbocycles. The van der Waals surface area contributed by atoms with Crippen LogP contribution in [0.5, 0.6) is 0 Å². The van der Waals surface area contributed by atoms with E-state index >= 15 is 0 Å². The molecule has 0 fully saturated rings. The van der Waals surface area contributed by atoms with Crippen molar-refractivity contribution >= 4 is 0 Å². The van der Waals surface area contributed by atoms with Crippen LogP contribution in [0.25, 0.3) is 0 Å². The molecule has 0 heterocycles. The van der Waals surface area contributed by atoms with Gasteiger partial charge in [0.1, 0.15) is 0 Å². The molecule has 0 saturated heterocycles. The van der Waals surface area contributed by atoms with E-state index in [1.165, 1.54) is 122 Å². The van der Waals surface area contributed by atoms with Crippen LogP contribution >= 0.6 is 0 Å². The van der Waals surface area contributed by atoms with E-state index < -0.39 is 0 Å². The summed E-state index contributed by atoms with van der Waals surface area (Å²) in [6, 6.07) is 0. The Kier molecular flexibility index (Phi) is 24.9. The lowest BCUT2D eigenvalue weighted by atomic mass is 10.1. The zero-order chi connectivity index (χ0) is 20.5. The van der Waals surface area contributed by atoms with Crippen molar-refractivity contribution in [2.75, 3.05) is 19.8 Å². The second-order valence-electron chi connectivity index (χ2n) is 8.74. The molecule has 0 amide bonds. The predicted octanol–water partition coefficient (Wildman–Crippen LogP) is 8.86. The molecule has 0 N–H and O–H groups in total. The van der Waals surface area contributed by atoms with Gasteiger partial charge in [-0.2, -0.15) is 0 Å². The second-order valence-corrected chi connectivity index (χ2v) is 8.74. The van der Waals surface area contributed by atoms with Crippen LogP contribution in [0.15, 0.2) is 0 Å². The second kappa shape index (κ2) is 25.0. The van der Waals surface area contributed by atoms with Crippen molar-refractivity contribution in [3.05, 3.63) is 0 Å². The van der Waals surface area contributed by atoms with Gasteiger partial charge in [0, 0.05) is 19.8 Å². The number of rotatable bonds is 24. The van der Waals surface area contributed by atoms with Gasteiger partial charge in [0.2, 0.25) is 0 Å². The molecule has 1 unspecified atom stereocenters. The minimum atomic E-state index is 0.414. The van der Waals surface area contributed by atoms with Gasteiger partial charge in [-0.3, -0.25) is 0 Å². The van der Waals surface area contributed by atoms with Gasteiger partial charge in [-0.15, -0.1) is 0 Å². The molecule has 0 bridgehead atoms. The van der Waals surface area contributed by atoms with Crippen LogP contribution in [0.4, 0.5) is 0 Å². The van der Waals surface area contributed by atoms with Gasteiger partial charge in [0.25, 0.3) is 0 Å². The zero-order valence-electron chi connectivity index (χ0n) is 20.0. The van der Waals surface area contributed by atoms with E-state index in [-0.39, 0.29) is 0 Å². The Morgan fingerprint density at radius 3 is 1.36 bits per heavy atom. The lowest BCUT2D eigenvalue weighted by Gasteiger charge is -2.13. The van der Waals surface area contributed by atoms with Gasteiger partial charge in [0.05, 0.1) is 6.10 Å². The van der Waals surface area contributed by atoms with Crippen molar-refractivity contribution < 1.29 is 9.47 Å². The Morgan fingerprint density at radius 1 is 0.464 bits per heavy atom. The summed E-state index contributed by atoms with van der Waals surface area (Å²) >= 11 is 0. The highest BCUT2D eigenvalue weighted by Gasteiger charge is 2.02. The summed E-state index contributed by atoms with van der Waals surface area (Å²) < 4.78 is 11.7. The van der Waals surface area contributed by atoms with Gasteiger partial charge >= 0.3 is 0 Å². The van der Waals surface area contributed by atoms with Gasteiger partial charge in [-0.1, -0.05) is 104 Å². The molecule has 170 valence electrons. The molecule has 2 heteroatoms. The minimum absolute atomic E-state index is 0.414. The van der Waals surface area contributed by atoms with Gasteiger partial charge in [0.15, 0.2) is 0 Å². The Labute approximate surface area is 178 Å².